The third-order valence-electron chi connectivity index (χ3n) is 4.41. The normalized spacial score (nSPS) is 14.1. The van der Waals surface area contributed by atoms with Crippen molar-refractivity contribution >= 4 is 39.8 Å². The monoisotopic (exact) mass is 365 g/mol. The van der Waals surface area contributed by atoms with Crippen LogP contribution in [0.15, 0.2) is 48.7 Å². The average molecular weight is 365 g/mol. The smallest absolute Gasteiger partial charge is 0.314 e. The molecule has 138 valence electrons. The van der Waals surface area contributed by atoms with Gasteiger partial charge in [-0.1, -0.05) is 12.1 Å². The van der Waals surface area contributed by atoms with Gasteiger partial charge in [-0.2, -0.15) is 5.10 Å². The third-order valence-corrected chi connectivity index (χ3v) is 4.41. The van der Waals surface area contributed by atoms with Crippen molar-refractivity contribution in [1.82, 2.24) is 10.2 Å². The van der Waals surface area contributed by atoms with Crippen LogP contribution < -0.4 is 15.5 Å². The van der Waals surface area contributed by atoms with Gasteiger partial charge in [0.25, 0.3) is 0 Å². The second-order valence-electron chi connectivity index (χ2n) is 6.20. The zero-order valence-electron chi connectivity index (χ0n) is 14.6. The van der Waals surface area contributed by atoms with Crippen molar-refractivity contribution in [3.05, 3.63) is 48.7 Å². The van der Waals surface area contributed by atoms with E-state index in [-0.39, 0.29) is 0 Å². The Morgan fingerprint density at radius 3 is 2.67 bits per heavy atom. The van der Waals surface area contributed by atoms with Crippen molar-refractivity contribution in [2.24, 2.45) is 0 Å². The van der Waals surface area contributed by atoms with E-state index in [1.807, 2.05) is 24.3 Å². The molecule has 0 aliphatic carbocycles. The predicted octanol–water partition coefficient (Wildman–Crippen LogP) is 1.98. The molecule has 0 atom stereocenters. The number of anilines is 3. The zero-order valence-corrected chi connectivity index (χ0v) is 14.6. The molecule has 27 heavy (non-hydrogen) atoms. The summed E-state index contributed by atoms with van der Waals surface area (Å²) in [7, 11) is 0. The number of morpholine rings is 1. The molecule has 0 unspecified atom stereocenters. The highest BCUT2D eigenvalue weighted by molar-refractivity contribution is 6.44. The molecule has 2 aromatic carbocycles. The third kappa shape index (κ3) is 3.75. The predicted molar refractivity (Wildman–Crippen MR) is 103 cm³/mol. The van der Waals surface area contributed by atoms with Crippen molar-refractivity contribution in [3.63, 3.8) is 0 Å². The van der Waals surface area contributed by atoms with Crippen molar-refractivity contribution in [2.75, 3.05) is 41.8 Å². The van der Waals surface area contributed by atoms with Gasteiger partial charge < -0.3 is 20.3 Å². The first kappa shape index (κ1) is 17.0. The molecule has 3 N–H and O–H groups in total. The number of para-hydroxylation sites is 2. The number of hydrogen-bond acceptors (Lipinski definition) is 5. The summed E-state index contributed by atoms with van der Waals surface area (Å²) < 4.78 is 5.37. The van der Waals surface area contributed by atoms with Gasteiger partial charge in [0.15, 0.2) is 0 Å². The minimum atomic E-state index is -0.731. The van der Waals surface area contributed by atoms with Crippen LogP contribution in [0, 0.1) is 0 Å². The number of carbonyl (C=O) groups is 2. The fraction of sp³-hybridized carbons (Fsp3) is 0.211. The zero-order chi connectivity index (χ0) is 18.6. The molecule has 2 amide bonds. The highest BCUT2D eigenvalue weighted by Crippen LogP contribution is 2.26. The molecular formula is C19H19N5O3. The van der Waals surface area contributed by atoms with E-state index < -0.39 is 11.8 Å². The molecule has 1 aliphatic heterocycles. The molecule has 0 saturated carbocycles. The van der Waals surface area contributed by atoms with Crippen LogP contribution in [0.25, 0.3) is 10.9 Å². The van der Waals surface area contributed by atoms with E-state index in [1.54, 1.807) is 24.4 Å². The lowest BCUT2D eigenvalue weighted by atomic mass is 10.2. The average Bonchev–Trinajstić information content (AvgIpc) is 3.17. The van der Waals surface area contributed by atoms with Crippen molar-refractivity contribution in [2.45, 2.75) is 0 Å². The Hall–Kier alpha value is -3.39. The minimum Gasteiger partial charge on any atom is -0.378 e. The largest absolute Gasteiger partial charge is 0.378 e. The summed E-state index contributed by atoms with van der Waals surface area (Å²) in [5, 5.41) is 13.0. The van der Waals surface area contributed by atoms with E-state index in [9.17, 15) is 9.59 Å². The maximum atomic E-state index is 12.4. The first-order valence-corrected chi connectivity index (χ1v) is 8.68. The van der Waals surface area contributed by atoms with Gasteiger partial charge in [0.1, 0.15) is 0 Å². The summed E-state index contributed by atoms with van der Waals surface area (Å²) in [6.45, 7) is 2.75. The van der Waals surface area contributed by atoms with E-state index in [0.717, 1.165) is 29.7 Å². The molecular weight excluding hydrogens is 346 g/mol. The van der Waals surface area contributed by atoms with Crippen LogP contribution in [-0.4, -0.2) is 48.3 Å². The van der Waals surface area contributed by atoms with Crippen LogP contribution in [-0.2, 0) is 14.3 Å². The molecule has 8 heteroatoms. The number of aromatic amines is 1. The fourth-order valence-corrected chi connectivity index (χ4v) is 3.04. The van der Waals surface area contributed by atoms with E-state index in [1.165, 1.54) is 0 Å². The molecule has 2 heterocycles. The molecule has 3 aromatic rings. The van der Waals surface area contributed by atoms with Crippen molar-refractivity contribution < 1.29 is 14.3 Å². The Labute approximate surface area is 155 Å². The van der Waals surface area contributed by atoms with Gasteiger partial charge in [-0.05, 0) is 30.3 Å². The maximum absolute atomic E-state index is 12.4. The number of nitrogens with zero attached hydrogens (tertiary/aromatic N) is 2. The summed E-state index contributed by atoms with van der Waals surface area (Å²) in [6, 6.07) is 12.7. The lowest BCUT2D eigenvalue weighted by Gasteiger charge is -2.30. The lowest BCUT2D eigenvalue weighted by molar-refractivity contribution is -0.132. The minimum absolute atomic E-state index is 0.522. The number of aromatic nitrogens is 2. The molecule has 0 radical (unpaired) electrons. The Morgan fingerprint density at radius 2 is 1.81 bits per heavy atom. The van der Waals surface area contributed by atoms with Gasteiger partial charge in [-0.25, -0.2) is 0 Å². The van der Waals surface area contributed by atoms with E-state index in [0.29, 0.717) is 24.6 Å². The first-order chi connectivity index (χ1) is 13.2. The molecule has 1 aromatic heterocycles. The van der Waals surface area contributed by atoms with Gasteiger partial charge in [-0.15, -0.1) is 0 Å². The number of benzene rings is 2. The summed E-state index contributed by atoms with van der Waals surface area (Å²) in [6.07, 6.45) is 1.69. The maximum Gasteiger partial charge on any atom is 0.314 e. The highest BCUT2D eigenvalue weighted by atomic mass is 16.5. The Bertz CT molecular complexity index is 978. The molecule has 4 rings (SSSR count). The Balaban J connectivity index is 1.46. The van der Waals surface area contributed by atoms with Gasteiger partial charge in [0.2, 0.25) is 0 Å². The second kappa shape index (κ2) is 7.46. The first-order valence-electron chi connectivity index (χ1n) is 8.68. The SMILES string of the molecule is O=C(Nc1ccc2cn[nH]c2c1)C(=O)Nc1ccccc1N1CCOCC1. The number of carbonyl (C=O) groups excluding carboxylic acids is 2. The highest BCUT2D eigenvalue weighted by Gasteiger charge is 2.19. The molecule has 1 saturated heterocycles. The topological polar surface area (TPSA) is 99.3 Å². The number of nitrogens with one attached hydrogen (secondary N) is 3. The van der Waals surface area contributed by atoms with Crippen LogP contribution in [0.1, 0.15) is 0 Å². The molecule has 8 nitrogen and oxygen atoms in total. The van der Waals surface area contributed by atoms with Crippen LogP contribution in [0.4, 0.5) is 17.1 Å². The van der Waals surface area contributed by atoms with E-state index in [2.05, 4.69) is 25.7 Å². The molecule has 1 aliphatic rings. The van der Waals surface area contributed by atoms with E-state index in [4.69, 9.17) is 4.74 Å². The Morgan fingerprint density at radius 1 is 1.04 bits per heavy atom. The summed E-state index contributed by atoms with van der Waals surface area (Å²) in [5.41, 5.74) is 2.78. The molecule has 0 bridgehead atoms. The summed E-state index contributed by atoms with van der Waals surface area (Å²) >= 11 is 0. The number of fused-ring (bicyclic) bond motifs is 1. The van der Waals surface area contributed by atoms with Crippen molar-refractivity contribution in [1.29, 1.82) is 0 Å². The fourth-order valence-electron chi connectivity index (χ4n) is 3.04. The second-order valence-corrected chi connectivity index (χ2v) is 6.20. The van der Waals surface area contributed by atoms with E-state index >= 15 is 0 Å². The quantitative estimate of drug-likeness (QED) is 0.617. The van der Waals surface area contributed by atoms with Gasteiger partial charge in [0, 0.05) is 24.2 Å². The number of ether oxygens (including phenoxy) is 1. The Kier molecular flexibility index (Phi) is 4.71. The number of hydrogen-bond donors (Lipinski definition) is 3. The van der Waals surface area contributed by atoms with Gasteiger partial charge in [0.05, 0.1) is 36.3 Å². The summed E-state index contributed by atoms with van der Waals surface area (Å²) in [4.78, 5) is 26.8. The van der Waals surface area contributed by atoms with Crippen LogP contribution in [0.2, 0.25) is 0 Å². The standard InChI is InChI=1S/C19H19N5O3/c25-18(21-14-6-5-13-12-20-23-16(13)11-14)19(26)22-15-3-1-2-4-17(15)24-7-9-27-10-8-24/h1-6,11-12H,7-10H2,(H,20,23)(H,21,25)(H,22,26). The number of H-pyrrole nitrogens is 1. The van der Waals surface area contributed by atoms with Gasteiger partial charge in [-0.3, -0.25) is 14.7 Å². The van der Waals surface area contributed by atoms with Crippen LogP contribution in [0.3, 0.4) is 0 Å². The number of rotatable bonds is 3. The van der Waals surface area contributed by atoms with Crippen LogP contribution >= 0.6 is 0 Å². The molecule has 0 spiro atoms. The lowest BCUT2D eigenvalue weighted by Crippen LogP contribution is -2.37. The van der Waals surface area contributed by atoms with Crippen molar-refractivity contribution in [3.8, 4) is 0 Å². The summed E-state index contributed by atoms with van der Waals surface area (Å²) in [5.74, 6) is -1.45. The van der Waals surface area contributed by atoms with Gasteiger partial charge >= 0.3 is 11.8 Å². The number of amides is 2. The molecule has 1 fully saturated rings. The van der Waals surface area contributed by atoms with Crippen LogP contribution in [0.5, 0.6) is 0 Å².